The summed E-state index contributed by atoms with van der Waals surface area (Å²) < 4.78 is 1.78. The Morgan fingerprint density at radius 1 is 1.26 bits per heavy atom. The number of hydrogen-bond acceptors (Lipinski definition) is 4. The molecule has 3 N–H and O–H groups in total. The largest absolute Gasteiger partial charge is 0.361 e. The number of hydrazine groups is 1. The molecular formula is C15H15N5OS2. The molecule has 0 unspecified atom stereocenters. The lowest BCUT2D eigenvalue weighted by atomic mass is 10.3. The minimum absolute atomic E-state index is 0.324. The maximum atomic E-state index is 12.0. The van der Waals surface area contributed by atoms with E-state index in [0.717, 1.165) is 6.42 Å². The number of pyridine rings is 1. The van der Waals surface area contributed by atoms with Crippen molar-refractivity contribution in [1.82, 2.24) is 25.6 Å². The molecule has 0 aliphatic carbocycles. The fourth-order valence-electron chi connectivity index (χ4n) is 2.02. The van der Waals surface area contributed by atoms with Crippen LogP contribution >= 0.6 is 23.6 Å². The third-order valence-corrected chi connectivity index (χ3v) is 4.31. The van der Waals surface area contributed by atoms with Gasteiger partial charge in [0.15, 0.2) is 5.11 Å². The van der Waals surface area contributed by atoms with Crippen LogP contribution in [0.3, 0.4) is 0 Å². The van der Waals surface area contributed by atoms with Crippen molar-refractivity contribution >= 4 is 40.2 Å². The molecule has 0 aliphatic heterocycles. The predicted octanol–water partition coefficient (Wildman–Crippen LogP) is 1.75. The first-order valence-electron chi connectivity index (χ1n) is 7.03. The summed E-state index contributed by atoms with van der Waals surface area (Å²) in [6, 6.07) is 9.68. The number of thiocarbonyl (C=S) groups is 1. The van der Waals surface area contributed by atoms with Gasteiger partial charge in [-0.3, -0.25) is 15.6 Å². The zero-order valence-electron chi connectivity index (χ0n) is 12.2. The number of amides is 1. The molecule has 3 heterocycles. The molecule has 118 valence electrons. The number of thiophene rings is 1. The Balaban J connectivity index is 1.45. The van der Waals surface area contributed by atoms with Gasteiger partial charge in [0.25, 0.3) is 5.91 Å². The van der Waals surface area contributed by atoms with E-state index in [1.54, 1.807) is 21.9 Å². The summed E-state index contributed by atoms with van der Waals surface area (Å²) in [7, 11) is 0. The molecule has 1 amide bonds. The van der Waals surface area contributed by atoms with Crippen LogP contribution in [0.4, 0.5) is 0 Å². The van der Waals surface area contributed by atoms with Gasteiger partial charge in [-0.25, -0.2) is 4.98 Å². The smallest absolute Gasteiger partial charge is 0.289 e. The molecule has 8 heteroatoms. The zero-order valence-corrected chi connectivity index (χ0v) is 13.8. The van der Waals surface area contributed by atoms with Crippen LogP contribution in [0.2, 0.25) is 0 Å². The molecule has 3 rings (SSSR count). The Morgan fingerprint density at radius 2 is 2.17 bits per heavy atom. The minimum Gasteiger partial charge on any atom is -0.361 e. The molecule has 0 radical (unpaired) electrons. The SMILES string of the molecule is O=C(NNC(=S)NCCc1cccs1)c1cn2ccccc2n1. The highest BCUT2D eigenvalue weighted by Crippen LogP contribution is 2.08. The fraction of sp³-hybridized carbons (Fsp3) is 0.133. The Labute approximate surface area is 142 Å². The topological polar surface area (TPSA) is 70.5 Å². The lowest BCUT2D eigenvalue weighted by Gasteiger charge is -2.10. The Kier molecular flexibility index (Phi) is 4.84. The summed E-state index contributed by atoms with van der Waals surface area (Å²) in [5.41, 5.74) is 6.26. The van der Waals surface area contributed by atoms with E-state index in [2.05, 4.69) is 27.2 Å². The van der Waals surface area contributed by atoms with Crippen LogP contribution in [0, 0.1) is 0 Å². The van der Waals surface area contributed by atoms with Gasteiger partial charge in [-0.15, -0.1) is 11.3 Å². The van der Waals surface area contributed by atoms with E-state index in [1.165, 1.54) is 4.88 Å². The maximum Gasteiger partial charge on any atom is 0.289 e. The number of carbonyl (C=O) groups is 1. The third kappa shape index (κ3) is 4.05. The Bertz CT molecular complexity index is 779. The van der Waals surface area contributed by atoms with E-state index < -0.39 is 0 Å². The normalized spacial score (nSPS) is 10.4. The first-order chi connectivity index (χ1) is 11.2. The molecule has 6 nitrogen and oxygen atoms in total. The molecule has 0 spiro atoms. The van der Waals surface area contributed by atoms with Gasteiger partial charge >= 0.3 is 0 Å². The second-order valence-electron chi connectivity index (χ2n) is 4.76. The van der Waals surface area contributed by atoms with E-state index >= 15 is 0 Å². The number of fused-ring (bicyclic) bond motifs is 1. The quantitative estimate of drug-likeness (QED) is 0.496. The van der Waals surface area contributed by atoms with Crippen LogP contribution in [0.1, 0.15) is 15.4 Å². The lowest BCUT2D eigenvalue weighted by molar-refractivity contribution is 0.0939. The second-order valence-corrected chi connectivity index (χ2v) is 6.20. The monoisotopic (exact) mass is 345 g/mol. The van der Waals surface area contributed by atoms with Crippen molar-refractivity contribution in [3.05, 3.63) is 58.7 Å². The van der Waals surface area contributed by atoms with E-state index in [4.69, 9.17) is 12.2 Å². The first-order valence-corrected chi connectivity index (χ1v) is 8.31. The standard InChI is InChI=1S/C15H15N5OS2/c21-14(12-10-20-8-2-1-5-13(20)17-12)18-19-15(22)16-7-6-11-4-3-9-23-11/h1-5,8-10H,6-7H2,(H,18,21)(H2,16,19,22). The number of hydrogen-bond donors (Lipinski definition) is 3. The highest BCUT2D eigenvalue weighted by atomic mass is 32.1. The van der Waals surface area contributed by atoms with Crippen molar-refractivity contribution in [1.29, 1.82) is 0 Å². The average Bonchev–Trinajstić information content (AvgIpc) is 3.21. The Morgan fingerprint density at radius 3 is 2.96 bits per heavy atom. The number of rotatable bonds is 4. The number of nitrogens with zero attached hydrogens (tertiary/aromatic N) is 2. The second kappa shape index (κ2) is 7.21. The van der Waals surface area contributed by atoms with Crippen molar-refractivity contribution < 1.29 is 4.79 Å². The van der Waals surface area contributed by atoms with Crippen molar-refractivity contribution in [2.24, 2.45) is 0 Å². The van der Waals surface area contributed by atoms with Crippen molar-refractivity contribution in [3.8, 4) is 0 Å². The molecule has 0 bridgehead atoms. The van der Waals surface area contributed by atoms with E-state index in [9.17, 15) is 4.79 Å². The van der Waals surface area contributed by atoms with Crippen LogP contribution in [-0.4, -0.2) is 26.9 Å². The van der Waals surface area contributed by atoms with Gasteiger partial charge in [0.1, 0.15) is 11.3 Å². The highest BCUT2D eigenvalue weighted by molar-refractivity contribution is 7.80. The van der Waals surface area contributed by atoms with E-state index in [1.807, 2.05) is 35.8 Å². The van der Waals surface area contributed by atoms with Crippen LogP contribution in [0.5, 0.6) is 0 Å². The van der Waals surface area contributed by atoms with Gasteiger partial charge in [0.2, 0.25) is 0 Å². The van der Waals surface area contributed by atoms with Gasteiger partial charge < -0.3 is 9.72 Å². The van der Waals surface area contributed by atoms with Crippen LogP contribution in [0.25, 0.3) is 5.65 Å². The molecule has 0 saturated heterocycles. The summed E-state index contributed by atoms with van der Waals surface area (Å²) in [6.07, 6.45) is 4.39. The van der Waals surface area contributed by atoms with Gasteiger partial charge in [-0.1, -0.05) is 12.1 Å². The van der Waals surface area contributed by atoms with Gasteiger partial charge in [-0.05, 0) is 42.2 Å². The van der Waals surface area contributed by atoms with Crippen LogP contribution in [-0.2, 0) is 6.42 Å². The summed E-state index contributed by atoms with van der Waals surface area (Å²) in [6.45, 7) is 0.705. The molecule has 3 aromatic rings. The molecule has 0 saturated carbocycles. The van der Waals surface area contributed by atoms with Gasteiger partial charge in [0, 0.05) is 23.8 Å². The zero-order chi connectivity index (χ0) is 16.1. The number of nitrogens with one attached hydrogen (secondary N) is 3. The van der Waals surface area contributed by atoms with Gasteiger partial charge in [0.05, 0.1) is 0 Å². The number of imidazole rings is 1. The molecular weight excluding hydrogens is 330 g/mol. The number of aromatic nitrogens is 2. The first kappa shape index (κ1) is 15.4. The van der Waals surface area contributed by atoms with Crippen molar-refractivity contribution in [2.75, 3.05) is 6.54 Å². The average molecular weight is 345 g/mol. The molecule has 0 atom stereocenters. The highest BCUT2D eigenvalue weighted by Gasteiger charge is 2.10. The van der Waals surface area contributed by atoms with Crippen LogP contribution in [0.15, 0.2) is 48.1 Å². The summed E-state index contributed by atoms with van der Waals surface area (Å²) >= 11 is 6.83. The van der Waals surface area contributed by atoms with Crippen LogP contribution < -0.4 is 16.2 Å². The molecule has 0 aliphatic rings. The van der Waals surface area contributed by atoms with E-state index in [0.29, 0.717) is 23.0 Å². The molecule has 0 fully saturated rings. The van der Waals surface area contributed by atoms with Crippen molar-refractivity contribution in [2.45, 2.75) is 6.42 Å². The lowest BCUT2D eigenvalue weighted by Crippen LogP contribution is -2.47. The third-order valence-electron chi connectivity index (χ3n) is 3.12. The Hall–Kier alpha value is -2.45. The minimum atomic E-state index is -0.337. The maximum absolute atomic E-state index is 12.0. The van der Waals surface area contributed by atoms with Gasteiger partial charge in [-0.2, -0.15) is 0 Å². The summed E-state index contributed by atoms with van der Waals surface area (Å²) in [5, 5.41) is 5.46. The molecule has 23 heavy (non-hydrogen) atoms. The fourth-order valence-corrected chi connectivity index (χ4v) is 2.88. The van der Waals surface area contributed by atoms with Crippen molar-refractivity contribution in [3.63, 3.8) is 0 Å². The van der Waals surface area contributed by atoms with E-state index in [-0.39, 0.29) is 5.91 Å². The number of carbonyl (C=O) groups excluding carboxylic acids is 1. The molecule has 3 aromatic heterocycles. The predicted molar refractivity (Wildman–Crippen MR) is 94.4 cm³/mol. The molecule has 0 aromatic carbocycles. The summed E-state index contributed by atoms with van der Waals surface area (Å²) in [5.74, 6) is -0.337. The summed E-state index contributed by atoms with van der Waals surface area (Å²) in [4.78, 5) is 17.6.